The molecular formula is C14H16FNO3. The zero-order chi connectivity index (χ0) is 14.4. The molecule has 0 aliphatic heterocycles. The summed E-state index contributed by atoms with van der Waals surface area (Å²) >= 11 is 0. The summed E-state index contributed by atoms with van der Waals surface area (Å²) in [7, 11) is 1.50. The molecule has 0 fully saturated rings. The molecular weight excluding hydrogens is 249 g/mol. The molecule has 0 aliphatic carbocycles. The van der Waals surface area contributed by atoms with Gasteiger partial charge in [-0.1, -0.05) is 6.58 Å². The molecule has 0 saturated heterocycles. The highest BCUT2D eigenvalue weighted by molar-refractivity contribution is 5.95. The predicted molar refractivity (Wildman–Crippen MR) is 70.1 cm³/mol. The lowest BCUT2D eigenvalue weighted by Gasteiger charge is -2.12. The first-order valence-corrected chi connectivity index (χ1v) is 5.58. The first kappa shape index (κ1) is 14.9. The zero-order valence-electron chi connectivity index (χ0n) is 10.9. The molecule has 0 spiro atoms. The van der Waals surface area contributed by atoms with E-state index in [0.29, 0.717) is 11.3 Å². The molecule has 1 aromatic carbocycles. The third-order valence-corrected chi connectivity index (χ3v) is 2.39. The van der Waals surface area contributed by atoms with Crippen LogP contribution in [0.3, 0.4) is 0 Å². The highest BCUT2D eigenvalue weighted by Gasteiger charge is 2.12. The van der Waals surface area contributed by atoms with Crippen molar-refractivity contribution in [3.63, 3.8) is 0 Å². The second-order valence-corrected chi connectivity index (χ2v) is 3.88. The van der Waals surface area contributed by atoms with E-state index in [2.05, 4.69) is 6.58 Å². The minimum atomic E-state index is -0.692. The smallest absolute Gasteiger partial charge is 0.251 e. The minimum absolute atomic E-state index is 0.0285. The van der Waals surface area contributed by atoms with E-state index >= 15 is 0 Å². The lowest BCUT2D eigenvalue weighted by molar-refractivity contribution is -0.114. The Bertz CT molecular complexity index is 523. The van der Waals surface area contributed by atoms with Gasteiger partial charge in [0.15, 0.2) is 0 Å². The van der Waals surface area contributed by atoms with E-state index < -0.39 is 5.91 Å². The Morgan fingerprint density at radius 3 is 2.74 bits per heavy atom. The summed E-state index contributed by atoms with van der Waals surface area (Å²) in [6.45, 7) is 5.49. The maximum atomic E-state index is 13.0. The molecule has 0 bridgehead atoms. The standard InChI is InChI=1S/C14H16FNO3/c1-9-8-11(15)4-5-12(9)19-13(6-7-18-3)10(2)14(16)17/h4-6,8H,2,7H2,1,3H3,(H2,16,17)/b13-6+. The summed E-state index contributed by atoms with van der Waals surface area (Å²) in [6.07, 6.45) is 1.54. The van der Waals surface area contributed by atoms with Crippen molar-refractivity contribution >= 4 is 5.91 Å². The van der Waals surface area contributed by atoms with Gasteiger partial charge in [0.05, 0.1) is 12.2 Å². The van der Waals surface area contributed by atoms with Crippen LogP contribution in [-0.4, -0.2) is 19.6 Å². The Kier molecular flexibility index (Phi) is 5.26. The number of amides is 1. The second-order valence-electron chi connectivity index (χ2n) is 3.88. The number of primary amides is 1. The van der Waals surface area contributed by atoms with Crippen molar-refractivity contribution < 1.29 is 18.7 Å². The van der Waals surface area contributed by atoms with Gasteiger partial charge in [-0.2, -0.15) is 0 Å². The number of halogens is 1. The lowest BCUT2D eigenvalue weighted by Crippen LogP contribution is -2.17. The van der Waals surface area contributed by atoms with Gasteiger partial charge in [0.25, 0.3) is 5.91 Å². The highest BCUT2D eigenvalue weighted by atomic mass is 19.1. The van der Waals surface area contributed by atoms with Crippen molar-refractivity contribution in [1.29, 1.82) is 0 Å². The Morgan fingerprint density at radius 2 is 2.21 bits per heavy atom. The molecule has 0 radical (unpaired) electrons. The molecule has 0 saturated carbocycles. The molecule has 1 aromatic rings. The zero-order valence-corrected chi connectivity index (χ0v) is 10.9. The summed E-state index contributed by atoms with van der Waals surface area (Å²) in [6, 6.07) is 4.07. The second kappa shape index (κ2) is 6.70. The van der Waals surface area contributed by atoms with Crippen LogP contribution in [0.25, 0.3) is 0 Å². The molecule has 0 heterocycles. The van der Waals surface area contributed by atoms with E-state index in [9.17, 15) is 9.18 Å². The highest BCUT2D eigenvalue weighted by Crippen LogP contribution is 2.23. The molecule has 19 heavy (non-hydrogen) atoms. The quantitative estimate of drug-likeness (QED) is 0.486. The summed E-state index contributed by atoms with van der Waals surface area (Å²) in [5, 5.41) is 0. The van der Waals surface area contributed by atoms with Crippen molar-refractivity contribution in [3.8, 4) is 5.75 Å². The van der Waals surface area contributed by atoms with E-state index in [1.54, 1.807) is 6.92 Å². The number of hydrogen-bond donors (Lipinski definition) is 1. The molecule has 4 nitrogen and oxygen atoms in total. The average Bonchev–Trinajstić information content (AvgIpc) is 2.36. The fourth-order valence-corrected chi connectivity index (χ4v) is 1.35. The van der Waals surface area contributed by atoms with Crippen LogP contribution in [0.1, 0.15) is 5.56 Å². The predicted octanol–water partition coefficient (Wildman–Crippen LogP) is 2.08. The van der Waals surface area contributed by atoms with Crippen LogP contribution in [0.15, 0.2) is 42.2 Å². The summed E-state index contributed by atoms with van der Waals surface area (Å²) in [5.74, 6) is -0.432. The normalized spacial score (nSPS) is 11.2. The molecule has 1 rings (SSSR count). The first-order chi connectivity index (χ1) is 8.95. The Balaban J connectivity index is 3.00. The van der Waals surface area contributed by atoms with Crippen molar-refractivity contribution in [3.05, 3.63) is 53.6 Å². The average molecular weight is 265 g/mol. The summed E-state index contributed by atoms with van der Waals surface area (Å²) < 4.78 is 23.4. The number of aryl methyl sites for hydroxylation is 1. The molecule has 2 N–H and O–H groups in total. The molecule has 0 unspecified atom stereocenters. The van der Waals surface area contributed by atoms with Gasteiger partial charge in [-0.15, -0.1) is 0 Å². The van der Waals surface area contributed by atoms with Crippen LogP contribution in [0.4, 0.5) is 4.39 Å². The molecule has 5 heteroatoms. The van der Waals surface area contributed by atoms with Gasteiger partial charge in [0.1, 0.15) is 17.3 Å². The number of benzene rings is 1. The minimum Gasteiger partial charge on any atom is -0.457 e. The Morgan fingerprint density at radius 1 is 1.53 bits per heavy atom. The van der Waals surface area contributed by atoms with E-state index in [0.717, 1.165) is 0 Å². The van der Waals surface area contributed by atoms with Gasteiger partial charge in [0, 0.05) is 7.11 Å². The van der Waals surface area contributed by atoms with Crippen molar-refractivity contribution in [1.82, 2.24) is 0 Å². The van der Waals surface area contributed by atoms with Gasteiger partial charge in [-0.3, -0.25) is 4.79 Å². The SMILES string of the molecule is C=C(C(N)=O)/C(=C\COC)Oc1ccc(F)cc1C. The topological polar surface area (TPSA) is 61.6 Å². The van der Waals surface area contributed by atoms with E-state index in [4.69, 9.17) is 15.2 Å². The number of methoxy groups -OCH3 is 1. The largest absolute Gasteiger partial charge is 0.457 e. The number of nitrogens with two attached hydrogens (primary N) is 1. The van der Waals surface area contributed by atoms with Crippen LogP contribution >= 0.6 is 0 Å². The maximum absolute atomic E-state index is 13.0. The van der Waals surface area contributed by atoms with E-state index in [1.165, 1.54) is 31.4 Å². The van der Waals surface area contributed by atoms with Crippen LogP contribution in [0, 0.1) is 12.7 Å². The van der Waals surface area contributed by atoms with Gasteiger partial charge >= 0.3 is 0 Å². The third kappa shape index (κ3) is 4.22. The maximum Gasteiger partial charge on any atom is 0.251 e. The molecule has 0 aliphatic rings. The van der Waals surface area contributed by atoms with Gasteiger partial charge in [0.2, 0.25) is 0 Å². The molecule has 102 valence electrons. The first-order valence-electron chi connectivity index (χ1n) is 5.58. The molecule has 0 aromatic heterocycles. The fourth-order valence-electron chi connectivity index (χ4n) is 1.35. The van der Waals surface area contributed by atoms with E-state index in [1.807, 2.05) is 0 Å². The summed E-state index contributed by atoms with van der Waals surface area (Å²) in [5.41, 5.74) is 5.79. The number of carbonyl (C=O) groups is 1. The number of carbonyl (C=O) groups excluding carboxylic acids is 1. The van der Waals surface area contributed by atoms with Crippen LogP contribution in [0.2, 0.25) is 0 Å². The third-order valence-electron chi connectivity index (χ3n) is 2.39. The van der Waals surface area contributed by atoms with Crippen LogP contribution in [-0.2, 0) is 9.53 Å². The fraction of sp³-hybridized carbons (Fsp3) is 0.214. The number of rotatable bonds is 6. The summed E-state index contributed by atoms with van der Waals surface area (Å²) in [4.78, 5) is 11.1. The van der Waals surface area contributed by atoms with Crippen LogP contribution < -0.4 is 10.5 Å². The Labute approximate surface area is 111 Å². The van der Waals surface area contributed by atoms with Crippen molar-refractivity contribution in [2.24, 2.45) is 5.73 Å². The van der Waals surface area contributed by atoms with Gasteiger partial charge in [-0.25, -0.2) is 4.39 Å². The van der Waals surface area contributed by atoms with Crippen LogP contribution in [0.5, 0.6) is 5.75 Å². The molecule has 0 atom stereocenters. The number of ether oxygens (including phenoxy) is 2. The molecule has 1 amide bonds. The number of hydrogen-bond acceptors (Lipinski definition) is 3. The van der Waals surface area contributed by atoms with E-state index in [-0.39, 0.29) is 23.8 Å². The van der Waals surface area contributed by atoms with Crippen molar-refractivity contribution in [2.75, 3.05) is 13.7 Å². The monoisotopic (exact) mass is 265 g/mol. The Hall–Kier alpha value is -2.14. The van der Waals surface area contributed by atoms with Gasteiger partial charge < -0.3 is 15.2 Å². The van der Waals surface area contributed by atoms with Crippen molar-refractivity contribution in [2.45, 2.75) is 6.92 Å². The van der Waals surface area contributed by atoms with Gasteiger partial charge in [-0.05, 0) is 36.8 Å². The lowest BCUT2D eigenvalue weighted by atomic mass is 10.2.